The number of rotatable bonds is 3. The number of primary amides is 1. The highest BCUT2D eigenvalue weighted by Gasteiger charge is 2.37. The summed E-state index contributed by atoms with van der Waals surface area (Å²) in [6.45, 7) is 3.44. The summed E-state index contributed by atoms with van der Waals surface area (Å²) >= 11 is 0. The standard InChI is InChI=1S/C13H25N3O/c1-13(15,12(14)17)9-16-8-4-6-10-5-2-3-7-11(10)16/h10-11H,2-9,15H2,1H3,(H2,14,17). The summed E-state index contributed by atoms with van der Waals surface area (Å²) in [5.41, 5.74) is 10.5. The van der Waals surface area contributed by atoms with Crippen molar-refractivity contribution in [3.05, 3.63) is 0 Å². The number of fused-ring (bicyclic) bond motifs is 1. The highest BCUT2D eigenvalue weighted by atomic mass is 16.1. The first-order valence-corrected chi connectivity index (χ1v) is 6.83. The van der Waals surface area contributed by atoms with Crippen molar-refractivity contribution in [2.45, 2.75) is 57.0 Å². The van der Waals surface area contributed by atoms with Gasteiger partial charge in [0.25, 0.3) is 0 Å². The third-order valence-electron chi connectivity index (χ3n) is 4.45. The molecule has 1 saturated carbocycles. The van der Waals surface area contributed by atoms with Crippen LogP contribution in [-0.2, 0) is 4.79 Å². The van der Waals surface area contributed by atoms with Crippen molar-refractivity contribution in [2.75, 3.05) is 13.1 Å². The molecule has 1 heterocycles. The van der Waals surface area contributed by atoms with E-state index < -0.39 is 11.4 Å². The van der Waals surface area contributed by atoms with Crippen LogP contribution in [0, 0.1) is 5.92 Å². The van der Waals surface area contributed by atoms with Crippen molar-refractivity contribution in [1.82, 2.24) is 4.90 Å². The molecule has 4 N–H and O–H groups in total. The van der Waals surface area contributed by atoms with Crippen LogP contribution in [0.25, 0.3) is 0 Å². The molecule has 98 valence electrons. The molecule has 0 bridgehead atoms. The molecule has 3 unspecified atom stereocenters. The first-order valence-electron chi connectivity index (χ1n) is 6.83. The Morgan fingerprint density at radius 3 is 2.65 bits per heavy atom. The molecule has 0 radical (unpaired) electrons. The molecule has 3 atom stereocenters. The van der Waals surface area contributed by atoms with E-state index in [-0.39, 0.29) is 0 Å². The van der Waals surface area contributed by atoms with Crippen molar-refractivity contribution >= 4 is 5.91 Å². The Morgan fingerprint density at radius 1 is 1.29 bits per heavy atom. The number of likely N-dealkylation sites (tertiary alicyclic amines) is 1. The summed E-state index contributed by atoms with van der Waals surface area (Å²) in [6, 6.07) is 0.639. The van der Waals surface area contributed by atoms with Gasteiger partial charge in [0.05, 0.1) is 0 Å². The van der Waals surface area contributed by atoms with Crippen molar-refractivity contribution in [1.29, 1.82) is 0 Å². The lowest BCUT2D eigenvalue weighted by Crippen LogP contribution is -2.60. The van der Waals surface area contributed by atoms with Crippen LogP contribution in [-0.4, -0.2) is 35.5 Å². The van der Waals surface area contributed by atoms with E-state index in [1.54, 1.807) is 6.92 Å². The summed E-state index contributed by atoms with van der Waals surface area (Å²) in [5.74, 6) is 0.427. The average Bonchev–Trinajstić information content (AvgIpc) is 2.29. The van der Waals surface area contributed by atoms with Gasteiger partial charge in [-0.25, -0.2) is 0 Å². The lowest BCUT2D eigenvalue weighted by molar-refractivity contribution is -0.123. The van der Waals surface area contributed by atoms with Gasteiger partial charge in [-0.1, -0.05) is 12.8 Å². The number of carbonyl (C=O) groups excluding carboxylic acids is 1. The maximum atomic E-state index is 11.3. The highest BCUT2D eigenvalue weighted by Crippen LogP contribution is 2.35. The molecule has 4 nitrogen and oxygen atoms in total. The predicted octanol–water partition coefficient (Wildman–Crippen LogP) is 0.844. The lowest BCUT2D eigenvalue weighted by atomic mass is 9.78. The number of carbonyl (C=O) groups is 1. The Hall–Kier alpha value is -0.610. The fourth-order valence-corrected chi connectivity index (χ4v) is 3.42. The van der Waals surface area contributed by atoms with Crippen LogP contribution in [0.1, 0.15) is 45.4 Å². The molecular weight excluding hydrogens is 214 g/mol. The van der Waals surface area contributed by atoms with E-state index in [0.717, 1.165) is 12.5 Å². The average molecular weight is 239 g/mol. The largest absolute Gasteiger partial charge is 0.368 e. The Bertz CT molecular complexity index is 288. The van der Waals surface area contributed by atoms with Crippen LogP contribution in [0.4, 0.5) is 0 Å². The van der Waals surface area contributed by atoms with Gasteiger partial charge in [-0.05, 0) is 45.1 Å². The van der Waals surface area contributed by atoms with Gasteiger partial charge < -0.3 is 11.5 Å². The number of nitrogens with two attached hydrogens (primary N) is 2. The summed E-state index contributed by atoms with van der Waals surface area (Å²) < 4.78 is 0. The molecule has 17 heavy (non-hydrogen) atoms. The second-order valence-corrected chi connectivity index (χ2v) is 6.01. The fraction of sp³-hybridized carbons (Fsp3) is 0.923. The quantitative estimate of drug-likeness (QED) is 0.766. The zero-order chi connectivity index (χ0) is 12.5. The monoisotopic (exact) mass is 239 g/mol. The normalized spacial score (nSPS) is 33.8. The first-order chi connectivity index (χ1) is 8.00. The molecule has 0 aromatic rings. The maximum absolute atomic E-state index is 11.3. The van der Waals surface area contributed by atoms with E-state index in [2.05, 4.69) is 4.90 Å². The van der Waals surface area contributed by atoms with Gasteiger partial charge >= 0.3 is 0 Å². The van der Waals surface area contributed by atoms with Crippen molar-refractivity contribution < 1.29 is 4.79 Å². The molecule has 1 amide bonds. The van der Waals surface area contributed by atoms with Crippen LogP contribution in [0.15, 0.2) is 0 Å². The Balaban J connectivity index is 2.01. The number of hydrogen-bond acceptors (Lipinski definition) is 3. The second kappa shape index (κ2) is 4.94. The van der Waals surface area contributed by atoms with Gasteiger partial charge in [-0.15, -0.1) is 0 Å². The zero-order valence-electron chi connectivity index (χ0n) is 10.8. The van der Waals surface area contributed by atoms with Crippen LogP contribution < -0.4 is 11.5 Å². The lowest BCUT2D eigenvalue weighted by Gasteiger charge is -2.46. The van der Waals surface area contributed by atoms with Gasteiger partial charge in [0.15, 0.2) is 0 Å². The molecule has 2 fully saturated rings. The van der Waals surface area contributed by atoms with Gasteiger partial charge in [0.1, 0.15) is 5.54 Å². The topological polar surface area (TPSA) is 72.3 Å². The number of nitrogens with zero attached hydrogens (tertiary/aromatic N) is 1. The Labute approximate surface area is 104 Å². The van der Waals surface area contributed by atoms with Gasteiger partial charge in [0, 0.05) is 12.6 Å². The summed E-state index contributed by atoms with van der Waals surface area (Å²) in [7, 11) is 0. The number of piperidine rings is 1. The van der Waals surface area contributed by atoms with E-state index in [0.29, 0.717) is 12.6 Å². The van der Waals surface area contributed by atoms with Crippen LogP contribution in [0.5, 0.6) is 0 Å². The van der Waals surface area contributed by atoms with E-state index in [4.69, 9.17) is 11.5 Å². The van der Waals surface area contributed by atoms with E-state index >= 15 is 0 Å². The molecule has 4 heteroatoms. The minimum absolute atomic E-state index is 0.393. The number of hydrogen-bond donors (Lipinski definition) is 2. The third kappa shape index (κ3) is 2.80. The fourth-order valence-electron chi connectivity index (χ4n) is 3.42. The maximum Gasteiger partial charge on any atom is 0.238 e. The zero-order valence-corrected chi connectivity index (χ0v) is 10.8. The first kappa shape index (κ1) is 12.8. The van der Waals surface area contributed by atoms with Crippen molar-refractivity contribution in [3.8, 4) is 0 Å². The van der Waals surface area contributed by atoms with Crippen LogP contribution in [0.3, 0.4) is 0 Å². The molecule has 1 saturated heterocycles. The smallest absolute Gasteiger partial charge is 0.238 e. The van der Waals surface area contributed by atoms with Gasteiger partial charge in [-0.2, -0.15) is 0 Å². The van der Waals surface area contributed by atoms with E-state index in [9.17, 15) is 4.79 Å². The molecule has 1 aliphatic heterocycles. The van der Waals surface area contributed by atoms with E-state index in [1.165, 1.54) is 38.5 Å². The molecule has 0 aromatic carbocycles. The van der Waals surface area contributed by atoms with Gasteiger partial charge in [-0.3, -0.25) is 9.69 Å². The molecule has 2 rings (SSSR count). The SMILES string of the molecule is CC(N)(CN1CCCC2CCCCC21)C(N)=O. The summed E-state index contributed by atoms with van der Waals surface area (Å²) in [4.78, 5) is 13.7. The highest BCUT2D eigenvalue weighted by molar-refractivity contribution is 5.84. The van der Waals surface area contributed by atoms with E-state index in [1.807, 2.05) is 0 Å². The van der Waals surface area contributed by atoms with Gasteiger partial charge in [0.2, 0.25) is 5.91 Å². The summed E-state index contributed by atoms with van der Waals surface area (Å²) in [5, 5.41) is 0. The molecule has 0 aromatic heterocycles. The molecular formula is C13H25N3O. The van der Waals surface area contributed by atoms with Crippen molar-refractivity contribution in [3.63, 3.8) is 0 Å². The number of amides is 1. The Morgan fingerprint density at radius 2 is 1.94 bits per heavy atom. The molecule has 2 aliphatic rings. The Kier molecular flexibility index (Phi) is 3.73. The summed E-state index contributed by atoms with van der Waals surface area (Å²) in [6.07, 6.45) is 7.87. The van der Waals surface area contributed by atoms with Crippen LogP contribution in [0.2, 0.25) is 0 Å². The minimum Gasteiger partial charge on any atom is -0.368 e. The van der Waals surface area contributed by atoms with Crippen molar-refractivity contribution in [2.24, 2.45) is 17.4 Å². The molecule has 1 aliphatic carbocycles. The third-order valence-corrected chi connectivity index (χ3v) is 4.45. The predicted molar refractivity (Wildman–Crippen MR) is 68.3 cm³/mol. The molecule has 0 spiro atoms. The van der Waals surface area contributed by atoms with Crippen LogP contribution >= 0.6 is 0 Å². The second-order valence-electron chi connectivity index (χ2n) is 6.01. The minimum atomic E-state index is -0.890.